The van der Waals surface area contributed by atoms with Crippen molar-refractivity contribution >= 4 is 11.6 Å². The van der Waals surface area contributed by atoms with Crippen LogP contribution in [-0.2, 0) is 9.53 Å². The number of hydrogen-bond acceptors (Lipinski definition) is 5. The highest BCUT2D eigenvalue weighted by Gasteiger charge is 2.26. The summed E-state index contributed by atoms with van der Waals surface area (Å²) in [6.07, 6.45) is 1.95. The Kier molecular flexibility index (Phi) is 4.91. The summed E-state index contributed by atoms with van der Waals surface area (Å²) in [6, 6.07) is 4.17. The minimum Gasteiger partial charge on any atom is -0.379 e. The van der Waals surface area contributed by atoms with Crippen LogP contribution in [0.1, 0.15) is 35.8 Å². The van der Waals surface area contributed by atoms with Crippen molar-refractivity contribution in [1.29, 1.82) is 0 Å². The highest BCUT2D eigenvalue weighted by Crippen LogP contribution is 2.28. The van der Waals surface area contributed by atoms with Crippen LogP contribution in [0.5, 0.6) is 0 Å². The lowest BCUT2D eigenvalue weighted by Gasteiger charge is -2.34. The van der Waals surface area contributed by atoms with Crippen LogP contribution in [0.25, 0.3) is 5.65 Å². The number of nitrogens with zero attached hydrogens (tertiary/aromatic N) is 5. The molecule has 7 nitrogen and oxygen atoms in total. The monoisotopic (exact) mass is 357 g/mol. The summed E-state index contributed by atoms with van der Waals surface area (Å²) in [7, 11) is 0. The smallest absolute Gasteiger partial charge is 0.236 e. The number of hydrogen-bond donors (Lipinski definition) is 0. The van der Waals surface area contributed by atoms with Gasteiger partial charge in [-0.3, -0.25) is 9.69 Å². The van der Waals surface area contributed by atoms with E-state index in [4.69, 9.17) is 9.72 Å². The average Bonchev–Trinajstić information content (AvgIpc) is 3.03. The standard InChI is InChI=1S/C19H27N5O2/c1-14-11-18-20-17(12-15(2)24(18)21-14)16-3-5-23(6-4-16)19(25)13-22-7-9-26-10-8-22/h11-12,16H,3-10,13H2,1-2H3. The summed E-state index contributed by atoms with van der Waals surface area (Å²) in [5, 5.41) is 4.48. The normalized spacial score (nSPS) is 20.0. The van der Waals surface area contributed by atoms with E-state index in [2.05, 4.69) is 23.0 Å². The van der Waals surface area contributed by atoms with E-state index in [0.29, 0.717) is 12.5 Å². The summed E-state index contributed by atoms with van der Waals surface area (Å²) >= 11 is 0. The summed E-state index contributed by atoms with van der Waals surface area (Å²) in [4.78, 5) is 21.6. The lowest BCUT2D eigenvalue weighted by Crippen LogP contribution is -2.46. The molecule has 2 aromatic heterocycles. The van der Waals surface area contributed by atoms with Crippen LogP contribution >= 0.6 is 0 Å². The van der Waals surface area contributed by atoms with Crippen molar-refractivity contribution in [2.45, 2.75) is 32.6 Å². The molecule has 0 bridgehead atoms. The van der Waals surface area contributed by atoms with E-state index in [9.17, 15) is 4.79 Å². The topological polar surface area (TPSA) is 63.0 Å². The molecule has 2 aliphatic heterocycles. The van der Waals surface area contributed by atoms with Gasteiger partial charge in [-0.15, -0.1) is 0 Å². The van der Waals surface area contributed by atoms with Crippen LogP contribution < -0.4 is 0 Å². The van der Waals surface area contributed by atoms with Crippen molar-refractivity contribution in [3.63, 3.8) is 0 Å². The average molecular weight is 357 g/mol. The predicted molar refractivity (Wildman–Crippen MR) is 98.3 cm³/mol. The molecule has 2 aromatic rings. The van der Waals surface area contributed by atoms with Gasteiger partial charge in [-0.05, 0) is 32.8 Å². The Morgan fingerprint density at radius 2 is 1.88 bits per heavy atom. The summed E-state index contributed by atoms with van der Waals surface area (Å²) in [5.74, 6) is 0.665. The number of morpholine rings is 1. The second-order valence-corrected chi connectivity index (χ2v) is 7.42. The first kappa shape index (κ1) is 17.4. The number of likely N-dealkylation sites (tertiary alicyclic amines) is 1. The minimum atomic E-state index is 0.247. The molecule has 140 valence electrons. The van der Waals surface area contributed by atoms with Gasteiger partial charge in [-0.25, -0.2) is 9.50 Å². The maximum Gasteiger partial charge on any atom is 0.236 e. The molecule has 2 fully saturated rings. The van der Waals surface area contributed by atoms with Gasteiger partial charge in [-0.2, -0.15) is 5.10 Å². The highest BCUT2D eigenvalue weighted by atomic mass is 16.5. The van der Waals surface area contributed by atoms with Crippen LogP contribution in [0, 0.1) is 13.8 Å². The van der Waals surface area contributed by atoms with Gasteiger partial charge in [0.1, 0.15) is 0 Å². The Morgan fingerprint density at radius 3 is 2.62 bits per heavy atom. The van der Waals surface area contributed by atoms with E-state index in [-0.39, 0.29) is 5.91 Å². The molecular formula is C19H27N5O2. The van der Waals surface area contributed by atoms with Crippen LogP contribution in [0.4, 0.5) is 0 Å². The zero-order valence-corrected chi connectivity index (χ0v) is 15.6. The number of carbonyl (C=O) groups is 1. The quantitative estimate of drug-likeness (QED) is 0.831. The van der Waals surface area contributed by atoms with Crippen molar-refractivity contribution in [2.24, 2.45) is 0 Å². The number of rotatable bonds is 3. The number of fused-ring (bicyclic) bond motifs is 1. The molecule has 0 spiro atoms. The number of ether oxygens (including phenoxy) is 1. The van der Waals surface area contributed by atoms with E-state index >= 15 is 0 Å². The predicted octanol–water partition coefficient (Wildman–Crippen LogP) is 1.38. The fourth-order valence-electron chi connectivity index (χ4n) is 3.95. The molecule has 0 atom stereocenters. The molecule has 0 unspecified atom stereocenters. The molecule has 2 aliphatic rings. The molecule has 0 aliphatic carbocycles. The van der Waals surface area contributed by atoms with Gasteiger partial charge in [0.05, 0.1) is 25.5 Å². The molecule has 4 heterocycles. The summed E-state index contributed by atoms with van der Waals surface area (Å²) in [6.45, 7) is 9.40. The van der Waals surface area contributed by atoms with Crippen LogP contribution in [0.2, 0.25) is 0 Å². The third-order valence-corrected chi connectivity index (χ3v) is 5.48. The second-order valence-electron chi connectivity index (χ2n) is 7.42. The molecular weight excluding hydrogens is 330 g/mol. The molecule has 7 heteroatoms. The largest absolute Gasteiger partial charge is 0.379 e. The minimum absolute atomic E-state index is 0.247. The van der Waals surface area contributed by atoms with Crippen LogP contribution in [0.15, 0.2) is 12.1 Å². The van der Waals surface area contributed by atoms with E-state index in [1.165, 1.54) is 0 Å². The van der Waals surface area contributed by atoms with Gasteiger partial charge in [0.15, 0.2) is 5.65 Å². The number of piperidine rings is 1. The van der Waals surface area contributed by atoms with Gasteiger partial charge in [0.25, 0.3) is 0 Å². The van der Waals surface area contributed by atoms with Crippen molar-refractivity contribution in [3.8, 4) is 0 Å². The zero-order chi connectivity index (χ0) is 18.1. The second kappa shape index (κ2) is 7.32. The third kappa shape index (κ3) is 3.59. The Hall–Kier alpha value is -1.99. The van der Waals surface area contributed by atoms with E-state index in [1.807, 2.05) is 22.4 Å². The van der Waals surface area contributed by atoms with Crippen molar-refractivity contribution in [3.05, 3.63) is 29.2 Å². The lowest BCUT2D eigenvalue weighted by atomic mass is 9.93. The number of amides is 1. The van der Waals surface area contributed by atoms with Crippen molar-refractivity contribution in [2.75, 3.05) is 45.9 Å². The van der Waals surface area contributed by atoms with Gasteiger partial charge in [0, 0.05) is 49.6 Å². The van der Waals surface area contributed by atoms with Crippen LogP contribution in [-0.4, -0.2) is 76.2 Å². The molecule has 4 rings (SSSR count). The SMILES string of the molecule is Cc1cc2nc(C3CCN(C(=O)CN4CCOCC4)CC3)cc(C)n2n1. The van der Waals surface area contributed by atoms with Gasteiger partial charge in [0.2, 0.25) is 5.91 Å². The Bertz CT molecular complexity index is 789. The van der Waals surface area contributed by atoms with Crippen molar-refractivity contribution in [1.82, 2.24) is 24.4 Å². The molecule has 0 saturated carbocycles. The Labute approximate surface area is 153 Å². The van der Waals surface area contributed by atoms with Gasteiger partial charge < -0.3 is 9.64 Å². The number of aromatic nitrogens is 3. The fraction of sp³-hybridized carbons (Fsp3) is 0.632. The molecule has 0 radical (unpaired) electrons. The zero-order valence-electron chi connectivity index (χ0n) is 15.6. The first-order chi connectivity index (χ1) is 12.6. The van der Waals surface area contributed by atoms with Gasteiger partial charge in [-0.1, -0.05) is 0 Å². The Balaban J connectivity index is 1.38. The summed E-state index contributed by atoms with van der Waals surface area (Å²) in [5.41, 5.74) is 4.16. The first-order valence-electron chi connectivity index (χ1n) is 9.52. The first-order valence-corrected chi connectivity index (χ1v) is 9.52. The third-order valence-electron chi connectivity index (χ3n) is 5.48. The molecule has 2 saturated heterocycles. The highest BCUT2D eigenvalue weighted by molar-refractivity contribution is 5.78. The fourth-order valence-corrected chi connectivity index (χ4v) is 3.95. The molecule has 0 aromatic carbocycles. The van der Waals surface area contributed by atoms with E-state index in [1.54, 1.807) is 0 Å². The van der Waals surface area contributed by atoms with Crippen LogP contribution in [0.3, 0.4) is 0 Å². The molecule has 0 N–H and O–H groups in total. The Morgan fingerprint density at radius 1 is 1.15 bits per heavy atom. The lowest BCUT2D eigenvalue weighted by molar-refractivity contribution is -0.134. The van der Waals surface area contributed by atoms with E-state index in [0.717, 1.165) is 75.0 Å². The number of aryl methyl sites for hydroxylation is 2. The molecule has 1 amide bonds. The van der Waals surface area contributed by atoms with E-state index < -0.39 is 0 Å². The maximum absolute atomic E-state index is 12.6. The molecule has 26 heavy (non-hydrogen) atoms. The van der Waals surface area contributed by atoms with Gasteiger partial charge >= 0.3 is 0 Å². The maximum atomic E-state index is 12.6. The number of carbonyl (C=O) groups excluding carboxylic acids is 1. The van der Waals surface area contributed by atoms with Crippen molar-refractivity contribution < 1.29 is 9.53 Å². The summed E-state index contributed by atoms with van der Waals surface area (Å²) < 4.78 is 7.25.